The fourth-order valence-electron chi connectivity index (χ4n) is 0.746. The molecule has 8 nitrogen and oxygen atoms in total. The van der Waals surface area contributed by atoms with Crippen LogP contribution in [0.4, 0.5) is 0 Å². The van der Waals surface area contributed by atoms with Gasteiger partial charge in [-0.3, -0.25) is 0 Å². The molecule has 0 bridgehead atoms. The fourth-order valence-corrected chi connectivity index (χ4v) is 2.56. The van der Waals surface area contributed by atoms with Crippen LogP contribution in [0, 0.1) is 22.9 Å². The van der Waals surface area contributed by atoms with Crippen LogP contribution >= 0.6 is 21.6 Å². The van der Waals surface area contributed by atoms with Gasteiger partial charge in [-0.25, -0.2) is 0 Å². The van der Waals surface area contributed by atoms with Gasteiger partial charge in [0.05, 0.1) is 0 Å². The van der Waals surface area contributed by atoms with Crippen LogP contribution in [-0.2, 0) is 0 Å². The smallest absolute Gasteiger partial charge is 0.209 e. The van der Waals surface area contributed by atoms with Crippen LogP contribution in [0.1, 0.15) is 0 Å². The summed E-state index contributed by atoms with van der Waals surface area (Å²) < 4.78 is 0. The summed E-state index contributed by atoms with van der Waals surface area (Å²) in [6, 6.07) is 0. The van der Waals surface area contributed by atoms with Crippen LogP contribution < -0.4 is 22.1 Å². The zero-order valence-electron chi connectivity index (χ0n) is 9.59. The number of rotatable bonds is 7. The van der Waals surface area contributed by atoms with Gasteiger partial charge in [-0.15, -0.1) is 9.98 Å². The summed E-state index contributed by atoms with van der Waals surface area (Å²) in [4.78, 5) is 6.64. The molecule has 0 aromatic carbocycles. The number of nitrogens with two attached hydrogens (primary N) is 2. The van der Waals surface area contributed by atoms with Gasteiger partial charge in [0.25, 0.3) is 0 Å². The van der Waals surface area contributed by atoms with E-state index in [0.29, 0.717) is 13.1 Å². The Morgan fingerprint density at radius 3 is 1.67 bits per heavy atom. The van der Waals surface area contributed by atoms with Gasteiger partial charge < -0.3 is 22.1 Å². The second-order valence-corrected chi connectivity index (χ2v) is 5.39. The highest BCUT2D eigenvalue weighted by atomic mass is 33.1. The van der Waals surface area contributed by atoms with Crippen molar-refractivity contribution in [1.82, 2.24) is 10.6 Å². The largest absolute Gasteiger partial charge is 0.369 e. The molecular formula is C8H14N8S2. The molecule has 0 fully saturated rings. The van der Waals surface area contributed by atoms with Crippen molar-refractivity contribution < 1.29 is 0 Å². The van der Waals surface area contributed by atoms with Crippen molar-refractivity contribution in [3.05, 3.63) is 0 Å². The van der Waals surface area contributed by atoms with E-state index < -0.39 is 0 Å². The third-order valence-electron chi connectivity index (χ3n) is 1.41. The molecule has 0 amide bonds. The molecule has 0 saturated carbocycles. The molecule has 0 aliphatic carbocycles. The lowest BCUT2D eigenvalue weighted by atomic mass is 10.7. The Balaban J connectivity index is 3.33. The minimum absolute atomic E-state index is 0.130. The van der Waals surface area contributed by atoms with Gasteiger partial charge in [-0.05, 0) is 0 Å². The van der Waals surface area contributed by atoms with Crippen molar-refractivity contribution in [3.63, 3.8) is 0 Å². The molecule has 0 aliphatic heterocycles. The van der Waals surface area contributed by atoms with Crippen LogP contribution in [0.3, 0.4) is 0 Å². The first-order chi connectivity index (χ1) is 8.70. The van der Waals surface area contributed by atoms with E-state index >= 15 is 0 Å². The van der Waals surface area contributed by atoms with Gasteiger partial charge in [0.15, 0.2) is 0 Å². The number of hydrogen-bond acceptors (Lipinski definition) is 6. The lowest BCUT2D eigenvalue weighted by Crippen LogP contribution is -2.33. The molecule has 0 radical (unpaired) electrons. The first-order valence-electron chi connectivity index (χ1n) is 4.87. The van der Waals surface area contributed by atoms with E-state index in [2.05, 4.69) is 20.6 Å². The van der Waals surface area contributed by atoms with E-state index in [1.54, 1.807) is 34.0 Å². The van der Waals surface area contributed by atoms with E-state index in [-0.39, 0.29) is 11.9 Å². The SMILES string of the molecule is N#CN=C(N)NCCSSCCNC(N)=NC#N. The van der Waals surface area contributed by atoms with Gasteiger partial charge in [-0.2, -0.15) is 10.5 Å². The predicted molar refractivity (Wildman–Crippen MR) is 75.4 cm³/mol. The maximum absolute atomic E-state index is 8.21. The Morgan fingerprint density at radius 1 is 0.944 bits per heavy atom. The van der Waals surface area contributed by atoms with Gasteiger partial charge in [-0.1, -0.05) is 21.6 Å². The summed E-state index contributed by atoms with van der Waals surface area (Å²) in [6.45, 7) is 1.28. The molecule has 0 aromatic rings. The second-order valence-electron chi connectivity index (χ2n) is 2.69. The van der Waals surface area contributed by atoms with Gasteiger partial charge in [0.2, 0.25) is 24.3 Å². The zero-order chi connectivity index (χ0) is 13.6. The molecule has 0 heterocycles. The minimum atomic E-state index is 0.130. The molecule has 0 saturated heterocycles. The molecule has 0 unspecified atom stereocenters. The molecule has 98 valence electrons. The second kappa shape index (κ2) is 11.7. The molecule has 10 heteroatoms. The monoisotopic (exact) mass is 286 g/mol. The highest BCUT2D eigenvalue weighted by Gasteiger charge is 1.94. The average molecular weight is 286 g/mol. The molecule has 0 spiro atoms. The number of guanidine groups is 2. The van der Waals surface area contributed by atoms with E-state index in [4.69, 9.17) is 22.0 Å². The highest BCUT2D eigenvalue weighted by molar-refractivity contribution is 8.76. The Hall–Kier alpha value is -1.78. The van der Waals surface area contributed by atoms with Gasteiger partial charge >= 0.3 is 0 Å². The Morgan fingerprint density at radius 2 is 1.33 bits per heavy atom. The summed E-state index contributed by atoms with van der Waals surface area (Å²) >= 11 is 0. The zero-order valence-corrected chi connectivity index (χ0v) is 11.2. The summed E-state index contributed by atoms with van der Waals surface area (Å²) in [5.41, 5.74) is 10.7. The van der Waals surface area contributed by atoms with E-state index in [0.717, 1.165) is 11.5 Å². The molecule has 0 atom stereocenters. The van der Waals surface area contributed by atoms with Gasteiger partial charge in [0, 0.05) is 24.6 Å². The van der Waals surface area contributed by atoms with Crippen LogP contribution in [0.5, 0.6) is 0 Å². The van der Waals surface area contributed by atoms with Crippen molar-refractivity contribution in [2.45, 2.75) is 0 Å². The van der Waals surface area contributed by atoms with Crippen molar-refractivity contribution in [3.8, 4) is 12.4 Å². The first-order valence-corrected chi connectivity index (χ1v) is 7.36. The third kappa shape index (κ3) is 10.7. The number of aliphatic imine (C=N–C) groups is 2. The summed E-state index contributed by atoms with van der Waals surface area (Å²) in [5.74, 6) is 1.91. The van der Waals surface area contributed by atoms with Crippen LogP contribution in [0.2, 0.25) is 0 Å². The average Bonchev–Trinajstić information content (AvgIpc) is 2.33. The fraction of sp³-hybridized carbons (Fsp3) is 0.500. The van der Waals surface area contributed by atoms with E-state index in [9.17, 15) is 0 Å². The molecule has 0 aromatic heterocycles. The highest BCUT2D eigenvalue weighted by Crippen LogP contribution is 2.19. The summed E-state index contributed by atoms with van der Waals surface area (Å²) in [5, 5.41) is 22.0. The molecule has 0 aliphatic rings. The van der Waals surface area contributed by atoms with Crippen LogP contribution in [-0.4, -0.2) is 36.5 Å². The van der Waals surface area contributed by atoms with Crippen molar-refractivity contribution >= 4 is 33.5 Å². The van der Waals surface area contributed by atoms with Crippen LogP contribution in [0.15, 0.2) is 9.98 Å². The predicted octanol–water partition coefficient (Wildman–Crippen LogP) is -0.861. The van der Waals surface area contributed by atoms with Crippen molar-refractivity contribution in [2.24, 2.45) is 21.5 Å². The Labute approximate surface area is 113 Å². The Kier molecular flexibility index (Phi) is 10.5. The molecule has 18 heavy (non-hydrogen) atoms. The molecule has 0 rings (SSSR count). The van der Waals surface area contributed by atoms with Gasteiger partial charge in [0.1, 0.15) is 0 Å². The number of hydrogen-bond donors (Lipinski definition) is 4. The van der Waals surface area contributed by atoms with E-state index in [1.165, 1.54) is 0 Å². The number of nitrogens with one attached hydrogen (secondary N) is 2. The maximum atomic E-state index is 8.21. The number of nitrogens with zero attached hydrogens (tertiary/aromatic N) is 4. The van der Waals surface area contributed by atoms with Crippen molar-refractivity contribution in [1.29, 1.82) is 10.5 Å². The third-order valence-corrected chi connectivity index (χ3v) is 3.82. The quantitative estimate of drug-likeness (QED) is 0.155. The van der Waals surface area contributed by atoms with Crippen LogP contribution in [0.25, 0.3) is 0 Å². The summed E-state index contributed by atoms with van der Waals surface area (Å²) in [6.07, 6.45) is 3.18. The standard InChI is InChI=1S/C8H14N8S2/c9-5-15-7(11)13-1-3-17-18-4-2-14-8(12)16-6-10/h1-4H2,(H3,11,13,15)(H3,12,14,16). The first kappa shape index (κ1) is 16.2. The number of nitriles is 2. The lowest BCUT2D eigenvalue weighted by molar-refractivity contribution is 0.963. The molecule has 6 N–H and O–H groups in total. The topological polar surface area (TPSA) is 148 Å². The van der Waals surface area contributed by atoms with Crippen molar-refractivity contribution in [2.75, 3.05) is 24.6 Å². The normalized spacial score (nSPS) is 11.4. The summed E-state index contributed by atoms with van der Waals surface area (Å²) in [7, 11) is 3.31. The minimum Gasteiger partial charge on any atom is -0.369 e. The maximum Gasteiger partial charge on any atom is 0.209 e. The molecular weight excluding hydrogens is 272 g/mol. The van der Waals surface area contributed by atoms with E-state index in [1.807, 2.05) is 0 Å². The lowest BCUT2D eigenvalue weighted by Gasteiger charge is -2.04. The Bertz CT molecular complexity index is 330.